The fourth-order valence-electron chi connectivity index (χ4n) is 1.43. The molecule has 19 heavy (non-hydrogen) atoms. The number of rotatable bonds is 5. The van der Waals surface area contributed by atoms with Gasteiger partial charge in [-0.1, -0.05) is 20.8 Å². The first-order chi connectivity index (χ1) is 8.80. The number of carbonyl (C=O) groups excluding carboxylic acids is 1. The van der Waals surface area contributed by atoms with Gasteiger partial charge in [-0.05, 0) is 17.5 Å². The smallest absolute Gasteiger partial charge is 0.326 e. The maximum Gasteiger partial charge on any atom is 0.326 e. The van der Waals surface area contributed by atoms with E-state index in [9.17, 15) is 9.59 Å². The molecular weight excluding hydrogens is 264 g/mol. The van der Waals surface area contributed by atoms with Crippen molar-refractivity contribution in [2.75, 3.05) is 5.75 Å². The van der Waals surface area contributed by atoms with Crippen LogP contribution < -0.4 is 5.32 Å². The van der Waals surface area contributed by atoms with Crippen LogP contribution >= 0.6 is 11.8 Å². The summed E-state index contributed by atoms with van der Waals surface area (Å²) >= 11 is 1.35. The molecule has 0 spiro atoms. The van der Waals surface area contributed by atoms with E-state index in [0.717, 1.165) is 4.90 Å². The van der Waals surface area contributed by atoms with Crippen molar-refractivity contribution >= 4 is 23.6 Å². The summed E-state index contributed by atoms with van der Waals surface area (Å²) in [6.07, 6.45) is 3.30. The molecule has 0 aliphatic rings. The molecule has 0 fully saturated rings. The number of thioether (sulfide) groups is 1. The average molecular weight is 282 g/mol. The molecule has 1 amide bonds. The Hall–Kier alpha value is -1.56. The van der Waals surface area contributed by atoms with E-state index in [0.29, 0.717) is 0 Å². The maximum atomic E-state index is 11.8. The molecule has 0 radical (unpaired) electrons. The van der Waals surface area contributed by atoms with Crippen LogP contribution in [0.1, 0.15) is 20.8 Å². The normalized spacial score (nSPS) is 12.8. The zero-order valence-corrected chi connectivity index (χ0v) is 12.0. The summed E-state index contributed by atoms with van der Waals surface area (Å²) in [4.78, 5) is 27.7. The highest BCUT2D eigenvalue weighted by atomic mass is 32.2. The first-order valence-electron chi connectivity index (χ1n) is 5.85. The molecule has 5 nitrogen and oxygen atoms in total. The van der Waals surface area contributed by atoms with Gasteiger partial charge >= 0.3 is 5.97 Å². The average Bonchev–Trinajstić information content (AvgIpc) is 2.33. The van der Waals surface area contributed by atoms with Gasteiger partial charge in [-0.3, -0.25) is 9.78 Å². The Morgan fingerprint density at radius 2 is 1.95 bits per heavy atom. The first kappa shape index (κ1) is 15.5. The summed E-state index contributed by atoms with van der Waals surface area (Å²) in [5.41, 5.74) is -0.525. The number of hydrogen-bond donors (Lipinski definition) is 2. The quantitative estimate of drug-likeness (QED) is 0.805. The number of nitrogens with one attached hydrogen (secondary N) is 1. The summed E-state index contributed by atoms with van der Waals surface area (Å²) in [6, 6.07) is 2.71. The fourth-order valence-corrected chi connectivity index (χ4v) is 2.13. The molecule has 0 aromatic carbocycles. The van der Waals surface area contributed by atoms with Crippen LogP contribution in [0.4, 0.5) is 0 Å². The van der Waals surface area contributed by atoms with Crippen LogP contribution in [-0.4, -0.2) is 33.8 Å². The van der Waals surface area contributed by atoms with Crippen molar-refractivity contribution in [2.24, 2.45) is 5.41 Å². The monoisotopic (exact) mass is 282 g/mol. The van der Waals surface area contributed by atoms with Crippen molar-refractivity contribution in [3.8, 4) is 0 Å². The number of amides is 1. The van der Waals surface area contributed by atoms with Crippen LogP contribution in [0.25, 0.3) is 0 Å². The third-order valence-corrected chi connectivity index (χ3v) is 3.45. The van der Waals surface area contributed by atoms with Crippen LogP contribution in [0.3, 0.4) is 0 Å². The number of hydrogen-bond acceptors (Lipinski definition) is 4. The Bertz CT molecular complexity index is 443. The molecule has 1 rings (SSSR count). The standard InChI is InChI=1S/C13H18N2O3S/c1-13(2,3)11(12(17)18)15-10(16)8-19-9-4-6-14-7-5-9/h4-7,11H,8H2,1-3H3,(H,15,16)(H,17,18). The van der Waals surface area contributed by atoms with Crippen LogP contribution in [-0.2, 0) is 9.59 Å². The predicted molar refractivity (Wildman–Crippen MR) is 74.0 cm³/mol. The van der Waals surface area contributed by atoms with Gasteiger partial charge in [0.1, 0.15) is 6.04 Å². The molecule has 0 saturated heterocycles. The van der Waals surface area contributed by atoms with Crippen molar-refractivity contribution in [2.45, 2.75) is 31.7 Å². The van der Waals surface area contributed by atoms with Crippen molar-refractivity contribution in [1.29, 1.82) is 0 Å². The van der Waals surface area contributed by atoms with Crippen LogP contribution in [0.2, 0.25) is 0 Å². The number of aromatic nitrogens is 1. The predicted octanol–water partition coefficient (Wildman–Crippen LogP) is 1.79. The third-order valence-electron chi connectivity index (χ3n) is 2.44. The Balaban J connectivity index is 2.52. The minimum atomic E-state index is -1.02. The van der Waals surface area contributed by atoms with E-state index < -0.39 is 17.4 Å². The molecule has 0 saturated carbocycles. The van der Waals surface area contributed by atoms with Gasteiger partial charge in [0.2, 0.25) is 5.91 Å². The van der Waals surface area contributed by atoms with Gasteiger partial charge in [0.15, 0.2) is 0 Å². The highest BCUT2D eigenvalue weighted by Crippen LogP contribution is 2.20. The maximum absolute atomic E-state index is 11.8. The van der Waals surface area contributed by atoms with E-state index >= 15 is 0 Å². The lowest BCUT2D eigenvalue weighted by Crippen LogP contribution is -2.49. The number of carbonyl (C=O) groups is 2. The van der Waals surface area contributed by atoms with Crippen molar-refractivity contribution in [1.82, 2.24) is 10.3 Å². The molecule has 0 bridgehead atoms. The van der Waals surface area contributed by atoms with Gasteiger partial charge in [-0.25, -0.2) is 4.79 Å². The molecule has 6 heteroatoms. The number of aliphatic carboxylic acids is 1. The van der Waals surface area contributed by atoms with Gasteiger partial charge in [0.25, 0.3) is 0 Å². The summed E-state index contributed by atoms with van der Waals surface area (Å²) in [5.74, 6) is -1.12. The highest BCUT2D eigenvalue weighted by Gasteiger charge is 2.32. The molecule has 1 aromatic heterocycles. The lowest BCUT2D eigenvalue weighted by atomic mass is 9.87. The lowest BCUT2D eigenvalue weighted by Gasteiger charge is -2.27. The van der Waals surface area contributed by atoms with Crippen molar-refractivity contribution in [3.63, 3.8) is 0 Å². The lowest BCUT2D eigenvalue weighted by molar-refractivity contribution is -0.144. The third kappa shape index (κ3) is 5.30. The number of pyridine rings is 1. The molecule has 1 atom stereocenters. The topological polar surface area (TPSA) is 79.3 Å². The SMILES string of the molecule is CC(C)(C)C(NC(=O)CSc1ccncc1)C(=O)O. The molecule has 1 heterocycles. The summed E-state index contributed by atoms with van der Waals surface area (Å²) in [7, 11) is 0. The summed E-state index contributed by atoms with van der Waals surface area (Å²) in [5, 5.41) is 11.7. The molecule has 2 N–H and O–H groups in total. The first-order valence-corrected chi connectivity index (χ1v) is 6.84. The van der Waals surface area contributed by atoms with Gasteiger partial charge in [-0.2, -0.15) is 0 Å². The fraction of sp³-hybridized carbons (Fsp3) is 0.462. The zero-order chi connectivity index (χ0) is 14.5. The Morgan fingerprint density at radius 1 is 1.37 bits per heavy atom. The van der Waals surface area contributed by atoms with E-state index in [-0.39, 0.29) is 11.7 Å². The molecule has 1 unspecified atom stereocenters. The summed E-state index contributed by atoms with van der Waals surface area (Å²) in [6.45, 7) is 5.34. The Morgan fingerprint density at radius 3 is 2.42 bits per heavy atom. The van der Waals surface area contributed by atoms with Gasteiger partial charge in [0, 0.05) is 17.3 Å². The minimum absolute atomic E-state index is 0.184. The van der Waals surface area contributed by atoms with Crippen molar-refractivity contribution < 1.29 is 14.7 Å². The van der Waals surface area contributed by atoms with Gasteiger partial charge in [-0.15, -0.1) is 11.8 Å². The second-order valence-electron chi connectivity index (χ2n) is 5.18. The Kier molecular flexibility index (Phi) is 5.35. The number of nitrogens with zero attached hydrogens (tertiary/aromatic N) is 1. The van der Waals surface area contributed by atoms with Crippen LogP contribution in [0, 0.1) is 5.41 Å². The van der Waals surface area contributed by atoms with Crippen LogP contribution in [0.15, 0.2) is 29.4 Å². The van der Waals surface area contributed by atoms with Gasteiger partial charge < -0.3 is 10.4 Å². The number of carboxylic acid groups (broad SMARTS) is 1. The van der Waals surface area contributed by atoms with Crippen molar-refractivity contribution in [3.05, 3.63) is 24.5 Å². The molecular formula is C13H18N2O3S. The van der Waals surface area contributed by atoms with Crippen LogP contribution in [0.5, 0.6) is 0 Å². The highest BCUT2D eigenvalue weighted by molar-refractivity contribution is 8.00. The van der Waals surface area contributed by atoms with E-state index in [4.69, 9.17) is 5.11 Å². The van der Waals surface area contributed by atoms with E-state index in [1.54, 1.807) is 45.3 Å². The summed E-state index contributed by atoms with van der Waals surface area (Å²) < 4.78 is 0. The van der Waals surface area contributed by atoms with E-state index in [1.165, 1.54) is 11.8 Å². The molecule has 0 aliphatic carbocycles. The van der Waals surface area contributed by atoms with E-state index in [1.807, 2.05) is 0 Å². The number of carboxylic acids is 1. The molecule has 104 valence electrons. The second-order valence-corrected chi connectivity index (χ2v) is 6.23. The zero-order valence-electron chi connectivity index (χ0n) is 11.2. The molecule has 1 aromatic rings. The van der Waals surface area contributed by atoms with Gasteiger partial charge in [0.05, 0.1) is 5.75 Å². The minimum Gasteiger partial charge on any atom is -0.480 e. The second kappa shape index (κ2) is 6.56. The molecule has 0 aliphatic heterocycles. The van der Waals surface area contributed by atoms with E-state index in [2.05, 4.69) is 10.3 Å². The Labute approximate surface area is 116 Å². The largest absolute Gasteiger partial charge is 0.480 e.